The molecule has 3 atom stereocenters. The lowest BCUT2D eigenvalue weighted by molar-refractivity contribution is -0.153. The van der Waals surface area contributed by atoms with E-state index in [0.717, 1.165) is 12.8 Å². The molecular formula is C14H22O. The number of hydrogen-bond acceptors (Lipinski definition) is 1. The third-order valence-electron chi connectivity index (χ3n) is 4.67. The summed E-state index contributed by atoms with van der Waals surface area (Å²) in [7, 11) is 0. The topological polar surface area (TPSA) is 17.1 Å². The number of ketones is 1. The van der Waals surface area contributed by atoms with Crippen LogP contribution in [0.3, 0.4) is 0 Å². The third kappa shape index (κ3) is 1.47. The van der Waals surface area contributed by atoms with Gasteiger partial charge in [0.05, 0.1) is 5.41 Å². The van der Waals surface area contributed by atoms with Crippen molar-refractivity contribution in [2.45, 2.75) is 51.9 Å². The van der Waals surface area contributed by atoms with Gasteiger partial charge in [0.25, 0.3) is 0 Å². The lowest BCUT2D eigenvalue weighted by Crippen LogP contribution is -2.56. The molecule has 2 aliphatic carbocycles. The average Bonchev–Trinajstić information content (AvgIpc) is 2.22. The second-order valence-corrected chi connectivity index (χ2v) is 5.17. The molecule has 0 aromatic carbocycles. The zero-order valence-electron chi connectivity index (χ0n) is 9.80. The molecule has 1 nitrogen and oxygen atoms in total. The lowest BCUT2D eigenvalue weighted by atomic mass is 9.49. The van der Waals surface area contributed by atoms with Gasteiger partial charge in [0, 0.05) is 5.92 Å². The Balaban J connectivity index is 2.16. The van der Waals surface area contributed by atoms with Gasteiger partial charge in [-0.05, 0) is 25.2 Å². The molecule has 1 heteroatoms. The number of fused-ring (bicyclic) bond motifs is 1. The Kier molecular flexibility index (Phi) is 2.99. The maximum Gasteiger partial charge on any atom is 0.146 e. The Morgan fingerprint density at radius 3 is 2.60 bits per heavy atom. The van der Waals surface area contributed by atoms with Crippen molar-refractivity contribution in [1.29, 1.82) is 0 Å². The van der Waals surface area contributed by atoms with Crippen LogP contribution in [0.1, 0.15) is 51.9 Å². The minimum Gasteiger partial charge on any atom is -0.298 e. The van der Waals surface area contributed by atoms with Gasteiger partial charge in [-0.15, -0.1) is 6.58 Å². The van der Waals surface area contributed by atoms with E-state index in [4.69, 9.17) is 0 Å². The average molecular weight is 206 g/mol. The number of carbonyl (C=O) groups is 1. The Morgan fingerprint density at radius 2 is 2.00 bits per heavy atom. The molecule has 15 heavy (non-hydrogen) atoms. The summed E-state index contributed by atoms with van der Waals surface area (Å²) in [5, 5.41) is 0. The normalized spacial score (nSPS) is 41.0. The lowest BCUT2D eigenvalue weighted by Gasteiger charge is -2.53. The molecule has 0 unspecified atom stereocenters. The van der Waals surface area contributed by atoms with Crippen molar-refractivity contribution >= 4 is 5.78 Å². The van der Waals surface area contributed by atoms with Gasteiger partial charge in [-0.25, -0.2) is 0 Å². The first kappa shape index (κ1) is 10.9. The third-order valence-corrected chi connectivity index (χ3v) is 4.67. The second kappa shape index (κ2) is 4.11. The highest BCUT2D eigenvalue weighted by Gasteiger charge is 2.57. The smallest absolute Gasteiger partial charge is 0.146 e. The Morgan fingerprint density at radius 1 is 1.33 bits per heavy atom. The van der Waals surface area contributed by atoms with E-state index in [9.17, 15) is 4.79 Å². The molecule has 0 spiro atoms. The first-order valence-corrected chi connectivity index (χ1v) is 6.44. The zero-order chi connectivity index (χ0) is 10.9. The SMILES string of the molecule is C=C[C@]1(CC)C(=O)[C@@H]2CCCCCC[C@@H]21. The summed E-state index contributed by atoms with van der Waals surface area (Å²) in [6.45, 7) is 6.03. The summed E-state index contributed by atoms with van der Waals surface area (Å²) in [6, 6.07) is 0. The molecule has 2 fully saturated rings. The molecule has 2 rings (SSSR count). The fourth-order valence-corrected chi connectivity index (χ4v) is 3.68. The highest BCUT2D eigenvalue weighted by molar-refractivity contribution is 5.95. The number of rotatable bonds is 2. The standard InChI is InChI=1S/C14H22O/c1-3-14(4-2)12-10-8-6-5-7-9-11(12)13(14)15/h3,11-12H,1,4-10H2,2H3/t11-,12+,14-/m1/s1. The highest BCUT2D eigenvalue weighted by Crippen LogP contribution is 2.55. The van der Waals surface area contributed by atoms with E-state index in [1.165, 1.54) is 32.1 Å². The molecule has 2 saturated carbocycles. The van der Waals surface area contributed by atoms with Crippen LogP contribution >= 0.6 is 0 Å². The van der Waals surface area contributed by atoms with Gasteiger partial charge in [0.1, 0.15) is 5.78 Å². The molecule has 84 valence electrons. The van der Waals surface area contributed by atoms with E-state index in [1.807, 2.05) is 6.08 Å². The summed E-state index contributed by atoms with van der Waals surface area (Å²) in [5.74, 6) is 1.49. The van der Waals surface area contributed by atoms with Crippen LogP contribution in [-0.4, -0.2) is 5.78 Å². The fourth-order valence-electron chi connectivity index (χ4n) is 3.68. The second-order valence-electron chi connectivity index (χ2n) is 5.17. The van der Waals surface area contributed by atoms with E-state index < -0.39 is 0 Å². The maximum atomic E-state index is 12.2. The summed E-state index contributed by atoms with van der Waals surface area (Å²) in [4.78, 5) is 12.2. The minimum atomic E-state index is -0.137. The fraction of sp³-hybridized carbons (Fsp3) is 0.786. The Bertz CT molecular complexity index is 269. The van der Waals surface area contributed by atoms with Gasteiger partial charge < -0.3 is 0 Å². The van der Waals surface area contributed by atoms with Crippen LogP contribution in [-0.2, 0) is 4.79 Å². The predicted octanol–water partition coefficient (Wildman–Crippen LogP) is 3.74. The summed E-state index contributed by atoms with van der Waals surface area (Å²) in [5.41, 5.74) is -0.137. The van der Waals surface area contributed by atoms with Gasteiger partial charge in [-0.3, -0.25) is 4.79 Å². The number of hydrogen-bond donors (Lipinski definition) is 0. The van der Waals surface area contributed by atoms with Crippen molar-refractivity contribution in [3.05, 3.63) is 12.7 Å². The van der Waals surface area contributed by atoms with Crippen molar-refractivity contribution in [2.24, 2.45) is 17.3 Å². The van der Waals surface area contributed by atoms with Crippen LogP contribution in [0.2, 0.25) is 0 Å². The van der Waals surface area contributed by atoms with Crippen LogP contribution in [0.4, 0.5) is 0 Å². The van der Waals surface area contributed by atoms with Crippen LogP contribution < -0.4 is 0 Å². The summed E-state index contributed by atoms with van der Waals surface area (Å²) in [6.07, 6.45) is 10.5. The molecule has 0 saturated heterocycles. The van der Waals surface area contributed by atoms with Crippen LogP contribution in [0.25, 0.3) is 0 Å². The molecule has 0 N–H and O–H groups in total. The highest BCUT2D eigenvalue weighted by atomic mass is 16.1. The van der Waals surface area contributed by atoms with Crippen molar-refractivity contribution in [3.8, 4) is 0 Å². The van der Waals surface area contributed by atoms with Crippen molar-refractivity contribution in [3.63, 3.8) is 0 Å². The van der Waals surface area contributed by atoms with E-state index >= 15 is 0 Å². The zero-order valence-corrected chi connectivity index (χ0v) is 9.80. The Hall–Kier alpha value is -0.590. The first-order valence-electron chi connectivity index (χ1n) is 6.44. The number of allylic oxidation sites excluding steroid dienone is 1. The monoisotopic (exact) mass is 206 g/mol. The van der Waals surface area contributed by atoms with Crippen molar-refractivity contribution in [2.75, 3.05) is 0 Å². The maximum absolute atomic E-state index is 12.2. The summed E-state index contributed by atoms with van der Waals surface area (Å²) < 4.78 is 0. The molecular weight excluding hydrogens is 184 g/mol. The van der Waals surface area contributed by atoms with Gasteiger partial charge in [-0.2, -0.15) is 0 Å². The molecule has 0 bridgehead atoms. The molecule has 0 heterocycles. The van der Waals surface area contributed by atoms with Gasteiger partial charge in [0.15, 0.2) is 0 Å². The molecule has 0 amide bonds. The van der Waals surface area contributed by atoms with Gasteiger partial charge >= 0.3 is 0 Å². The van der Waals surface area contributed by atoms with Crippen LogP contribution in [0, 0.1) is 17.3 Å². The predicted molar refractivity (Wildman–Crippen MR) is 62.6 cm³/mol. The molecule has 0 aromatic rings. The summed E-state index contributed by atoms with van der Waals surface area (Å²) >= 11 is 0. The van der Waals surface area contributed by atoms with Crippen molar-refractivity contribution < 1.29 is 4.79 Å². The Labute approximate surface area is 92.9 Å². The molecule has 0 aromatic heterocycles. The van der Waals surface area contributed by atoms with Crippen LogP contribution in [0.15, 0.2) is 12.7 Å². The molecule has 0 aliphatic heterocycles. The van der Waals surface area contributed by atoms with Gasteiger partial charge in [-0.1, -0.05) is 38.7 Å². The van der Waals surface area contributed by atoms with Gasteiger partial charge in [0.2, 0.25) is 0 Å². The van der Waals surface area contributed by atoms with E-state index in [-0.39, 0.29) is 5.41 Å². The minimum absolute atomic E-state index is 0.137. The number of carbonyl (C=O) groups excluding carboxylic acids is 1. The van der Waals surface area contributed by atoms with Crippen molar-refractivity contribution in [1.82, 2.24) is 0 Å². The molecule has 0 radical (unpaired) electrons. The largest absolute Gasteiger partial charge is 0.298 e. The van der Waals surface area contributed by atoms with E-state index in [1.54, 1.807) is 0 Å². The van der Waals surface area contributed by atoms with E-state index in [0.29, 0.717) is 17.6 Å². The quantitative estimate of drug-likeness (QED) is 0.629. The van der Waals surface area contributed by atoms with Crippen LogP contribution in [0.5, 0.6) is 0 Å². The number of Topliss-reactive ketones (excluding diaryl/α,β-unsaturated/α-hetero) is 1. The molecule has 2 aliphatic rings. The first-order chi connectivity index (χ1) is 7.26. The van der Waals surface area contributed by atoms with E-state index in [2.05, 4.69) is 13.5 Å².